The number of likely N-dealkylation sites (tertiary alicyclic amines) is 1. The van der Waals surface area contributed by atoms with Gasteiger partial charge >= 0.3 is 0 Å². The summed E-state index contributed by atoms with van der Waals surface area (Å²) < 4.78 is 11.9. The lowest BCUT2D eigenvalue weighted by Gasteiger charge is -2.27. The third-order valence-electron chi connectivity index (χ3n) is 3.95. The molecular weight excluding hydrogens is 308 g/mol. The lowest BCUT2D eigenvalue weighted by molar-refractivity contribution is 0.173. The van der Waals surface area contributed by atoms with Crippen LogP contribution in [0.3, 0.4) is 0 Å². The lowest BCUT2D eigenvalue weighted by atomic mass is 10.0. The molecule has 2 aliphatic heterocycles. The largest absolute Gasteiger partial charge is 0.454 e. The fourth-order valence-electron chi connectivity index (χ4n) is 2.93. The highest BCUT2D eigenvalue weighted by Crippen LogP contribution is 2.42. The van der Waals surface area contributed by atoms with E-state index in [9.17, 15) is 0 Å². The third-order valence-corrected chi connectivity index (χ3v) is 4.54. The SMILES string of the molecule is CC1CCN(C(CN)c2cc(Br)c3c(c2)OCO3)C1. The van der Waals surface area contributed by atoms with E-state index in [4.69, 9.17) is 15.2 Å². The molecule has 0 spiro atoms. The molecule has 1 saturated heterocycles. The zero-order valence-corrected chi connectivity index (χ0v) is 12.6. The van der Waals surface area contributed by atoms with Crippen molar-refractivity contribution in [3.8, 4) is 11.5 Å². The van der Waals surface area contributed by atoms with Crippen LogP contribution < -0.4 is 15.2 Å². The van der Waals surface area contributed by atoms with E-state index in [0.29, 0.717) is 13.3 Å². The van der Waals surface area contributed by atoms with Crippen molar-refractivity contribution in [3.63, 3.8) is 0 Å². The Hall–Kier alpha value is -0.780. The van der Waals surface area contributed by atoms with Gasteiger partial charge in [-0.15, -0.1) is 0 Å². The number of hydrogen-bond acceptors (Lipinski definition) is 4. The number of benzene rings is 1. The number of ether oxygens (including phenoxy) is 2. The van der Waals surface area contributed by atoms with Gasteiger partial charge in [-0.1, -0.05) is 6.92 Å². The molecule has 3 rings (SSSR count). The smallest absolute Gasteiger partial charge is 0.231 e. The monoisotopic (exact) mass is 326 g/mol. The summed E-state index contributed by atoms with van der Waals surface area (Å²) in [7, 11) is 0. The van der Waals surface area contributed by atoms with Crippen molar-refractivity contribution in [2.75, 3.05) is 26.4 Å². The van der Waals surface area contributed by atoms with Crippen LogP contribution in [0.25, 0.3) is 0 Å². The van der Waals surface area contributed by atoms with Crippen LogP contribution in [-0.4, -0.2) is 31.3 Å². The summed E-state index contributed by atoms with van der Waals surface area (Å²) in [4.78, 5) is 2.47. The molecule has 2 unspecified atom stereocenters. The lowest BCUT2D eigenvalue weighted by Crippen LogP contribution is -2.31. The molecule has 0 amide bonds. The van der Waals surface area contributed by atoms with Gasteiger partial charge in [-0.05, 0) is 52.5 Å². The third kappa shape index (κ3) is 2.47. The van der Waals surface area contributed by atoms with Crippen LogP contribution in [-0.2, 0) is 0 Å². The molecule has 0 aliphatic carbocycles. The molecule has 2 atom stereocenters. The van der Waals surface area contributed by atoms with Crippen LogP contribution in [0.4, 0.5) is 0 Å². The van der Waals surface area contributed by atoms with E-state index in [1.807, 2.05) is 0 Å². The van der Waals surface area contributed by atoms with E-state index in [2.05, 4.69) is 39.9 Å². The number of nitrogens with two attached hydrogens (primary N) is 1. The summed E-state index contributed by atoms with van der Waals surface area (Å²) in [5, 5.41) is 0. The average molecular weight is 327 g/mol. The summed E-state index contributed by atoms with van der Waals surface area (Å²) in [6, 6.07) is 4.43. The normalized spacial score (nSPS) is 23.8. The molecule has 1 aromatic carbocycles. The van der Waals surface area contributed by atoms with Crippen LogP contribution in [0.15, 0.2) is 16.6 Å². The zero-order chi connectivity index (χ0) is 13.4. The maximum Gasteiger partial charge on any atom is 0.231 e. The maximum atomic E-state index is 6.00. The second kappa shape index (κ2) is 5.31. The van der Waals surface area contributed by atoms with Gasteiger partial charge in [-0.2, -0.15) is 0 Å². The van der Waals surface area contributed by atoms with Crippen molar-refractivity contribution in [2.24, 2.45) is 11.7 Å². The fraction of sp³-hybridized carbons (Fsp3) is 0.571. The van der Waals surface area contributed by atoms with Gasteiger partial charge in [0.1, 0.15) is 0 Å². The first-order valence-corrected chi connectivity index (χ1v) is 7.51. The molecular formula is C14H19BrN2O2. The molecule has 0 radical (unpaired) electrons. The molecule has 4 nitrogen and oxygen atoms in total. The van der Waals surface area contributed by atoms with Crippen molar-refractivity contribution < 1.29 is 9.47 Å². The summed E-state index contributed by atoms with van der Waals surface area (Å²) in [5.41, 5.74) is 7.20. The number of halogens is 1. The first kappa shape index (κ1) is 13.2. The summed E-state index contributed by atoms with van der Waals surface area (Å²) in [5.74, 6) is 2.37. The van der Waals surface area contributed by atoms with E-state index < -0.39 is 0 Å². The molecule has 0 bridgehead atoms. The Morgan fingerprint density at radius 2 is 2.32 bits per heavy atom. The van der Waals surface area contributed by atoms with Gasteiger partial charge in [0.15, 0.2) is 11.5 Å². The van der Waals surface area contributed by atoms with E-state index in [1.165, 1.54) is 12.0 Å². The van der Waals surface area contributed by atoms with Crippen molar-refractivity contribution in [1.29, 1.82) is 0 Å². The molecule has 0 aromatic heterocycles. The topological polar surface area (TPSA) is 47.7 Å². The summed E-state index contributed by atoms with van der Waals surface area (Å²) >= 11 is 3.55. The van der Waals surface area contributed by atoms with Crippen LogP contribution >= 0.6 is 15.9 Å². The summed E-state index contributed by atoms with van der Waals surface area (Å²) in [6.07, 6.45) is 1.25. The van der Waals surface area contributed by atoms with Crippen LogP contribution in [0.1, 0.15) is 24.9 Å². The van der Waals surface area contributed by atoms with Crippen LogP contribution in [0.5, 0.6) is 11.5 Å². The molecule has 1 fully saturated rings. The minimum Gasteiger partial charge on any atom is -0.454 e. The van der Waals surface area contributed by atoms with Gasteiger partial charge in [0.05, 0.1) is 4.47 Å². The second-order valence-corrected chi connectivity index (χ2v) is 6.23. The Labute approximate surface area is 122 Å². The Morgan fingerprint density at radius 1 is 1.47 bits per heavy atom. The Morgan fingerprint density at radius 3 is 3.00 bits per heavy atom. The molecule has 5 heteroatoms. The molecule has 104 valence electrons. The minimum absolute atomic E-state index is 0.260. The van der Waals surface area contributed by atoms with Crippen molar-refractivity contribution in [1.82, 2.24) is 4.90 Å². The van der Waals surface area contributed by atoms with Crippen molar-refractivity contribution in [2.45, 2.75) is 19.4 Å². The number of hydrogen-bond donors (Lipinski definition) is 1. The predicted molar refractivity (Wildman–Crippen MR) is 77.4 cm³/mol. The summed E-state index contributed by atoms with van der Waals surface area (Å²) in [6.45, 7) is 5.45. The first-order valence-electron chi connectivity index (χ1n) is 6.72. The molecule has 2 N–H and O–H groups in total. The number of rotatable bonds is 3. The molecule has 19 heavy (non-hydrogen) atoms. The maximum absolute atomic E-state index is 6.00. The van der Waals surface area contributed by atoms with E-state index in [1.54, 1.807) is 0 Å². The molecule has 2 heterocycles. The number of fused-ring (bicyclic) bond motifs is 1. The van der Waals surface area contributed by atoms with E-state index >= 15 is 0 Å². The molecule has 0 saturated carbocycles. The van der Waals surface area contributed by atoms with Gasteiger partial charge in [0.25, 0.3) is 0 Å². The van der Waals surface area contributed by atoms with Gasteiger partial charge in [0, 0.05) is 19.1 Å². The standard InChI is InChI=1S/C14H19BrN2O2/c1-9-2-3-17(7-9)12(6-16)10-4-11(15)14-13(5-10)18-8-19-14/h4-5,9,12H,2-3,6-8,16H2,1H3. The number of nitrogens with zero attached hydrogens (tertiary/aromatic N) is 1. The quantitative estimate of drug-likeness (QED) is 0.927. The Bertz CT molecular complexity index is 481. The highest BCUT2D eigenvalue weighted by atomic mass is 79.9. The van der Waals surface area contributed by atoms with Gasteiger partial charge in [-0.3, -0.25) is 4.90 Å². The first-order chi connectivity index (χ1) is 9.19. The van der Waals surface area contributed by atoms with E-state index in [0.717, 1.165) is 35.0 Å². The van der Waals surface area contributed by atoms with Crippen molar-refractivity contribution in [3.05, 3.63) is 22.2 Å². The van der Waals surface area contributed by atoms with Gasteiger partial charge < -0.3 is 15.2 Å². The highest BCUT2D eigenvalue weighted by molar-refractivity contribution is 9.10. The average Bonchev–Trinajstić information content (AvgIpc) is 2.99. The minimum atomic E-state index is 0.260. The second-order valence-electron chi connectivity index (χ2n) is 5.38. The van der Waals surface area contributed by atoms with Crippen LogP contribution in [0.2, 0.25) is 0 Å². The van der Waals surface area contributed by atoms with Crippen molar-refractivity contribution >= 4 is 15.9 Å². The molecule has 2 aliphatic rings. The van der Waals surface area contributed by atoms with Crippen LogP contribution in [0, 0.1) is 5.92 Å². The fourth-order valence-corrected chi connectivity index (χ4v) is 3.50. The Kier molecular flexibility index (Phi) is 3.69. The highest BCUT2D eigenvalue weighted by Gasteiger charge is 2.28. The van der Waals surface area contributed by atoms with Gasteiger partial charge in [-0.25, -0.2) is 0 Å². The predicted octanol–water partition coefficient (Wildman–Crippen LogP) is 2.52. The Balaban J connectivity index is 1.89. The molecule has 1 aromatic rings. The van der Waals surface area contributed by atoms with Gasteiger partial charge in [0.2, 0.25) is 6.79 Å². The van der Waals surface area contributed by atoms with E-state index in [-0.39, 0.29) is 6.04 Å². The zero-order valence-electron chi connectivity index (χ0n) is 11.1.